The number of allylic oxidation sites excluding steroid dienone is 1. The molecule has 0 aromatic carbocycles. The number of nitrogens with one attached hydrogen (secondary N) is 3. The number of hydrogen-bond donors (Lipinski definition) is 6. The number of hydrogen-bond acceptors (Lipinski definition) is 9. The molecule has 52 heavy (non-hydrogen) atoms. The fourth-order valence-electron chi connectivity index (χ4n) is 7.32. The highest BCUT2D eigenvalue weighted by Crippen LogP contribution is 2.43. The molecule has 2 aliphatic rings. The number of methoxy groups -OCH3 is 1. The maximum atomic E-state index is 14.1. The van der Waals surface area contributed by atoms with Crippen molar-refractivity contribution in [3.05, 3.63) is 68.8 Å². The minimum absolute atomic E-state index is 0.0268. The number of carbonyl (C=O) groups is 3. The Hall–Kier alpha value is -4.85. The number of aromatic nitrogens is 4. The molecular weight excluding hydrogens is 664 g/mol. The van der Waals surface area contributed by atoms with Gasteiger partial charge in [0.1, 0.15) is 0 Å². The Morgan fingerprint density at radius 2 is 1.65 bits per heavy atom. The van der Waals surface area contributed by atoms with Gasteiger partial charge in [-0.25, -0.2) is 4.98 Å². The van der Waals surface area contributed by atoms with Crippen LogP contribution < -0.4 is 11.1 Å². The number of rotatable bonds is 14. The number of aliphatic hydroxyl groups is 1. The fraction of sp³-hybridized carbons (Fsp3) is 0.462. The number of amides is 1. The molecule has 5 rings (SSSR count). The highest BCUT2D eigenvalue weighted by Gasteiger charge is 2.35. The second-order valence-corrected chi connectivity index (χ2v) is 13.4. The van der Waals surface area contributed by atoms with Crippen molar-refractivity contribution in [2.75, 3.05) is 40.0 Å². The molecule has 0 radical (unpaired) electrons. The molecule has 13 heteroatoms. The molecule has 2 aliphatic heterocycles. The third kappa shape index (κ3) is 7.81. The van der Waals surface area contributed by atoms with E-state index in [0.29, 0.717) is 59.1 Å². The molecule has 13 nitrogen and oxygen atoms in total. The van der Waals surface area contributed by atoms with E-state index >= 15 is 0 Å². The van der Waals surface area contributed by atoms with E-state index in [4.69, 9.17) is 25.2 Å². The standard InChI is InChI=1S/C39H50N6O7/c1-7-24-20(2)29-18-33-25(10-13-46)21(3)28(43-33)17-30-22(4)26(8-9-34(47)48)37(44-30)27(16-35(49)51-6)38-36(39(50)41-12-15-52-14-11-40)23(5)31(45-38)19-32(24)42-29/h17-19,22,26,42-43,46H,7-16,40H2,1-6H3,(H,41,50)(H,47,48). The monoisotopic (exact) mass is 714 g/mol. The van der Waals surface area contributed by atoms with Crippen molar-refractivity contribution in [1.82, 2.24) is 25.3 Å². The third-order valence-electron chi connectivity index (χ3n) is 10.2. The van der Waals surface area contributed by atoms with Crippen molar-refractivity contribution < 1.29 is 34.1 Å². The number of aliphatic hydroxyl groups excluding tert-OH is 1. The second kappa shape index (κ2) is 16.7. The molecule has 3 aromatic rings. The van der Waals surface area contributed by atoms with Crippen molar-refractivity contribution >= 4 is 51.1 Å². The summed E-state index contributed by atoms with van der Waals surface area (Å²) < 4.78 is 10.6. The molecule has 7 N–H and O–H groups in total. The Morgan fingerprint density at radius 3 is 2.31 bits per heavy atom. The summed E-state index contributed by atoms with van der Waals surface area (Å²) in [5.74, 6) is -2.53. The van der Waals surface area contributed by atoms with Gasteiger partial charge in [-0.1, -0.05) is 13.8 Å². The van der Waals surface area contributed by atoms with Crippen LogP contribution in [0.1, 0.15) is 96.0 Å². The van der Waals surface area contributed by atoms with Crippen LogP contribution in [0.2, 0.25) is 0 Å². The van der Waals surface area contributed by atoms with Gasteiger partial charge in [-0.3, -0.25) is 19.4 Å². The Balaban J connectivity index is 1.93. The molecule has 5 heterocycles. The van der Waals surface area contributed by atoms with Gasteiger partial charge in [0.2, 0.25) is 0 Å². The summed E-state index contributed by atoms with van der Waals surface area (Å²) in [6.07, 6.45) is 1.07. The molecule has 0 saturated heterocycles. The first-order valence-corrected chi connectivity index (χ1v) is 17.9. The van der Waals surface area contributed by atoms with Crippen LogP contribution in [-0.4, -0.2) is 88.0 Å². The lowest BCUT2D eigenvalue weighted by Crippen LogP contribution is -2.29. The fourth-order valence-corrected chi connectivity index (χ4v) is 7.32. The van der Waals surface area contributed by atoms with Gasteiger partial charge in [-0.2, -0.15) is 0 Å². The molecule has 0 fully saturated rings. The van der Waals surface area contributed by atoms with Crippen molar-refractivity contribution in [2.24, 2.45) is 5.73 Å². The number of aromatic amines is 2. The van der Waals surface area contributed by atoms with E-state index in [-0.39, 0.29) is 50.8 Å². The number of aryl methyl sites for hydroxylation is 3. The number of carbonyl (C=O) groups excluding carboxylic acids is 2. The van der Waals surface area contributed by atoms with E-state index in [1.807, 2.05) is 32.9 Å². The molecule has 0 aliphatic carbocycles. The summed E-state index contributed by atoms with van der Waals surface area (Å²) in [6, 6.07) is 5.95. The number of nitrogens with zero attached hydrogens (tertiary/aromatic N) is 2. The predicted octanol–water partition coefficient (Wildman–Crippen LogP) is 4.52. The smallest absolute Gasteiger partial charge is 0.310 e. The lowest BCUT2D eigenvalue weighted by molar-refractivity contribution is -0.140. The van der Waals surface area contributed by atoms with E-state index in [2.05, 4.69) is 35.2 Å². The number of H-pyrrole nitrogens is 2. The lowest BCUT2D eigenvalue weighted by Gasteiger charge is -2.18. The molecule has 0 saturated carbocycles. The highest BCUT2D eigenvalue weighted by molar-refractivity contribution is 6.27. The molecule has 3 aromatic heterocycles. The number of carboxylic acids is 1. The minimum Gasteiger partial charge on any atom is -0.481 e. The normalized spacial score (nSPS) is 15.6. The zero-order valence-electron chi connectivity index (χ0n) is 30.9. The SMILES string of the molecule is CCc1c(C)c2cc3[nH]c(cc4nc(c(CC(=O)OC)c5nc(cc1[nH]2)C(C)=C5C(=O)NCCOCCN)C(CCC(=O)O)C4C)c(C)c3CCO. The predicted molar refractivity (Wildman–Crippen MR) is 200 cm³/mol. The van der Waals surface area contributed by atoms with E-state index in [9.17, 15) is 24.6 Å². The maximum Gasteiger partial charge on any atom is 0.310 e. The number of carboxylic acid groups (broad SMARTS) is 1. The van der Waals surface area contributed by atoms with E-state index in [1.54, 1.807) is 0 Å². The Bertz CT molecular complexity index is 2060. The van der Waals surface area contributed by atoms with Gasteiger partial charge in [0, 0.05) is 71.3 Å². The average molecular weight is 715 g/mol. The van der Waals surface area contributed by atoms with Crippen LogP contribution in [0.3, 0.4) is 0 Å². The number of nitrogens with two attached hydrogens (primary N) is 1. The average Bonchev–Trinajstić information content (AvgIpc) is 3.79. The molecule has 0 spiro atoms. The van der Waals surface area contributed by atoms with Crippen LogP contribution in [-0.2, 0) is 43.1 Å². The van der Waals surface area contributed by atoms with Gasteiger partial charge in [-0.05, 0) is 86.1 Å². The number of esters is 1. The first-order valence-electron chi connectivity index (χ1n) is 17.9. The molecule has 2 unspecified atom stereocenters. The van der Waals surface area contributed by atoms with E-state index in [1.165, 1.54) is 7.11 Å². The zero-order valence-corrected chi connectivity index (χ0v) is 30.9. The van der Waals surface area contributed by atoms with Crippen LogP contribution in [0, 0.1) is 13.8 Å². The number of ether oxygens (including phenoxy) is 2. The summed E-state index contributed by atoms with van der Waals surface area (Å²) in [4.78, 5) is 56.5. The van der Waals surface area contributed by atoms with Gasteiger partial charge in [-0.15, -0.1) is 0 Å². The van der Waals surface area contributed by atoms with Crippen LogP contribution >= 0.6 is 0 Å². The summed E-state index contributed by atoms with van der Waals surface area (Å²) in [7, 11) is 1.30. The second-order valence-electron chi connectivity index (χ2n) is 13.4. The Morgan fingerprint density at radius 1 is 0.962 bits per heavy atom. The molecular formula is C39H50N6O7. The van der Waals surface area contributed by atoms with Gasteiger partial charge >= 0.3 is 11.9 Å². The zero-order chi connectivity index (χ0) is 37.7. The topological polar surface area (TPSA) is 206 Å². The Kier molecular flexibility index (Phi) is 12.3. The van der Waals surface area contributed by atoms with Crippen LogP contribution in [0.5, 0.6) is 0 Å². The highest BCUT2D eigenvalue weighted by atomic mass is 16.5. The van der Waals surface area contributed by atoms with Crippen LogP contribution in [0.15, 0.2) is 18.2 Å². The summed E-state index contributed by atoms with van der Waals surface area (Å²) in [5, 5.41) is 22.7. The molecule has 2 atom stereocenters. The first-order chi connectivity index (χ1) is 24.9. The Labute approximate surface area is 303 Å². The number of fused-ring (bicyclic) bond motifs is 8. The van der Waals surface area contributed by atoms with Crippen LogP contribution in [0.4, 0.5) is 0 Å². The van der Waals surface area contributed by atoms with Gasteiger partial charge in [0.15, 0.2) is 0 Å². The van der Waals surface area contributed by atoms with Crippen molar-refractivity contribution in [3.63, 3.8) is 0 Å². The van der Waals surface area contributed by atoms with E-state index in [0.717, 1.165) is 50.7 Å². The maximum absolute atomic E-state index is 14.1. The van der Waals surface area contributed by atoms with Gasteiger partial charge in [0.25, 0.3) is 5.91 Å². The minimum atomic E-state index is -0.950. The summed E-state index contributed by atoms with van der Waals surface area (Å²) in [6.45, 7) is 11.2. The molecule has 8 bridgehead atoms. The lowest BCUT2D eigenvalue weighted by atomic mass is 9.84. The molecule has 1 amide bonds. The van der Waals surface area contributed by atoms with E-state index < -0.39 is 17.9 Å². The first kappa shape index (κ1) is 38.4. The van der Waals surface area contributed by atoms with Gasteiger partial charge in [0.05, 0.1) is 49.4 Å². The summed E-state index contributed by atoms with van der Waals surface area (Å²) >= 11 is 0. The van der Waals surface area contributed by atoms with Crippen LogP contribution in [0.25, 0.3) is 33.2 Å². The molecule has 278 valence electrons. The quantitative estimate of drug-likeness (QED) is 0.102. The summed E-state index contributed by atoms with van der Waals surface area (Å²) in [5.41, 5.74) is 16.4. The van der Waals surface area contributed by atoms with Gasteiger partial charge < -0.3 is 40.7 Å². The van der Waals surface area contributed by atoms with Crippen molar-refractivity contribution in [1.29, 1.82) is 0 Å². The van der Waals surface area contributed by atoms with Crippen molar-refractivity contribution in [2.45, 2.75) is 78.6 Å². The third-order valence-corrected chi connectivity index (χ3v) is 10.2. The number of aliphatic carboxylic acids is 1. The largest absolute Gasteiger partial charge is 0.481 e. The van der Waals surface area contributed by atoms with Crippen molar-refractivity contribution in [3.8, 4) is 0 Å².